The van der Waals surface area contributed by atoms with Crippen LogP contribution < -0.4 is 15.4 Å². The fourth-order valence-electron chi connectivity index (χ4n) is 8.95. The van der Waals surface area contributed by atoms with Crippen LogP contribution in [0.3, 0.4) is 0 Å². The monoisotopic (exact) mass is 921 g/mol. The third-order valence-electron chi connectivity index (χ3n) is 12.5. The lowest BCUT2D eigenvalue weighted by molar-refractivity contribution is -0.136. The number of aromatic nitrogens is 2. The maximum atomic E-state index is 15.7. The lowest BCUT2D eigenvalue weighted by Crippen LogP contribution is -2.54. The summed E-state index contributed by atoms with van der Waals surface area (Å²) in [5.41, 5.74) is 2.15. The predicted molar refractivity (Wildman–Crippen MR) is 237 cm³/mol. The van der Waals surface area contributed by atoms with Crippen LogP contribution in [0.15, 0.2) is 73.1 Å². The van der Waals surface area contributed by atoms with Crippen molar-refractivity contribution in [3.05, 3.63) is 113 Å². The summed E-state index contributed by atoms with van der Waals surface area (Å²) in [6.07, 6.45) is 5.14. The molecule has 9 rings (SSSR count). The minimum absolute atomic E-state index is 0.0106. The topological polar surface area (TPSA) is 214 Å². The van der Waals surface area contributed by atoms with Crippen LogP contribution in [0.5, 0.6) is 0 Å². The fourth-order valence-corrected chi connectivity index (χ4v) is 10.3. The van der Waals surface area contributed by atoms with E-state index in [-0.39, 0.29) is 54.9 Å². The number of ketones is 1. The number of imide groups is 2. The third-order valence-corrected chi connectivity index (χ3v) is 14.0. The molecule has 0 spiro atoms. The maximum Gasteiger partial charge on any atom is 0.301 e. The van der Waals surface area contributed by atoms with Crippen LogP contribution in [-0.4, -0.2) is 125 Å². The number of rotatable bonds is 14. The van der Waals surface area contributed by atoms with Gasteiger partial charge in [-0.3, -0.25) is 48.6 Å². The summed E-state index contributed by atoms with van der Waals surface area (Å²) in [6.45, 7) is 4.01. The first-order valence-corrected chi connectivity index (χ1v) is 23.2. The molecule has 4 aliphatic heterocycles. The van der Waals surface area contributed by atoms with E-state index in [2.05, 4.69) is 30.2 Å². The maximum absolute atomic E-state index is 15.7. The van der Waals surface area contributed by atoms with E-state index in [1.807, 2.05) is 29.2 Å². The Morgan fingerprint density at radius 1 is 0.864 bits per heavy atom. The van der Waals surface area contributed by atoms with Crippen LogP contribution in [0.2, 0.25) is 0 Å². The van der Waals surface area contributed by atoms with Crippen LogP contribution in [0.25, 0.3) is 22.2 Å². The van der Waals surface area contributed by atoms with E-state index in [9.17, 15) is 37.2 Å². The summed E-state index contributed by atoms with van der Waals surface area (Å²) in [5, 5.41) is 5.72. The van der Waals surface area contributed by atoms with Crippen molar-refractivity contribution in [2.24, 2.45) is 0 Å². The molecule has 3 saturated heterocycles. The summed E-state index contributed by atoms with van der Waals surface area (Å²) in [5.74, 6) is -5.72. The molecule has 0 bridgehead atoms. The lowest BCUT2D eigenvalue weighted by Gasteiger charge is -2.35. The second-order valence-corrected chi connectivity index (χ2v) is 18.4. The zero-order chi connectivity index (χ0) is 46.3. The first-order valence-electron chi connectivity index (χ1n) is 21.7. The van der Waals surface area contributed by atoms with Gasteiger partial charge < -0.3 is 15.2 Å². The molecule has 0 radical (unpaired) electrons. The summed E-state index contributed by atoms with van der Waals surface area (Å²) < 4.78 is 59.8. The van der Waals surface area contributed by atoms with Crippen LogP contribution >= 0.6 is 0 Å². The number of hydrogen-bond acceptors (Lipinski definition) is 11. The quantitative estimate of drug-likeness (QED) is 0.0695. The van der Waals surface area contributed by atoms with Gasteiger partial charge in [-0.1, -0.05) is 30.3 Å². The number of nitrogens with zero attached hydrogens (tertiary/aromatic N) is 5. The predicted octanol–water partition coefficient (Wildman–Crippen LogP) is 4.43. The number of carbonyl (C=O) groups excluding carboxylic acids is 6. The summed E-state index contributed by atoms with van der Waals surface area (Å²) in [4.78, 5) is 89.8. The molecule has 20 heteroatoms. The summed E-state index contributed by atoms with van der Waals surface area (Å²) in [7, 11) is -4.10. The Labute approximate surface area is 377 Å². The molecule has 3 aromatic carbocycles. The van der Waals surface area contributed by atoms with Crippen LogP contribution in [0.4, 0.5) is 20.2 Å². The van der Waals surface area contributed by atoms with Gasteiger partial charge in [0.05, 0.1) is 22.4 Å². The first kappa shape index (κ1) is 44.3. The van der Waals surface area contributed by atoms with E-state index in [4.69, 9.17) is 0 Å². The molecule has 4 N–H and O–H groups in total. The van der Waals surface area contributed by atoms with Crippen molar-refractivity contribution < 1.29 is 46.0 Å². The number of aromatic amines is 1. The number of hydrogen-bond donors (Lipinski definition) is 4. The molecule has 1 atom stereocenters. The van der Waals surface area contributed by atoms with Crippen molar-refractivity contribution in [3.8, 4) is 11.1 Å². The Morgan fingerprint density at radius 3 is 2.36 bits per heavy atom. The zero-order valence-corrected chi connectivity index (χ0v) is 36.4. The van der Waals surface area contributed by atoms with Gasteiger partial charge in [0.1, 0.15) is 17.5 Å². The van der Waals surface area contributed by atoms with E-state index < -0.39 is 68.5 Å². The molecule has 17 nitrogen and oxygen atoms in total. The Morgan fingerprint density at radius 2 is 1.62 bits per heavy atom. The van der Waals surface area contributed by atoms with E-state index >= 15 is 8.78 Å². The smallest absolute Gasteiger partial charge is 0.301 e. The molecule has 6 heterocycles. The van der Waals surface area contributed by atoms with Crippen molar-refractivity contribution in [1.82, 2.24) is 34.3 Å². The molecule has 5 amide bonds. The molecule has 4 aliphatic rings. The highest BCUT2D eigenvalue weighted by Gasteiger charge is 2.45. The molecule has 0 saturated carbocycles. The number of nitrogens with one attached hydrogen (secondary N) is 4. The Bertz CT molecular complexity index is 2910. The molecule has 3 fully saturated rings. The number of carbonyl (C=O) groups is 6. The third kappa shape index (κ3) is 8.65. The van der Waals surface area contributed by atoms with Crippen molar-refractivity contribution in [3.63, 3.8) is 0 Å². The number of anilines is 2. The van der Waals surface area contributed by atoms with Crippen LogP contribution in [0.1, 0.15) is 80.7 Å². The van der Waals surface area contributed by atoms with Gasteiger partial charge in [-0.25, -0.2) is 13.8 Å². The first-order chi connectivity index (χ1) is 31.8. The highest BCUT2D eigenvalue weighted by atomic mass is 32.2. The Balaban J connectivity index is 0.766. The average molecular weight is 922 g/mol. The summed E-state index contributed by atoms with van der Waals surface area (Å²) in [6, 6.07) is 15.1. The zero-order valence-electron chi connectivity index (χ0n) is 35.6. The number of benzene rings is 3. The van der Waals surface area contributed by atoms with Gasteiger partial charge in [0.25, 0.3) is 11.8 Å². The molecule has 2 aromatic heterocycles. The van der Waals surface area contributed by atoms with Gasteiger partial charge in [0, 0.05) is 99.8 Å². The molecule has 342 valence electrons. The molecular formula is C46H45F2N9O8S. The van der Waals surface area contributed by atoms with E-state index in [0.29, 0.717) is 80.8 Å². The minimum Gasteiger partial charge on any atom is -0.384 e. The molecule has 1 unspecified atom stereocenters. The van der Waals surface area contributed by atoms with Crippen LogP contribution in [-0.2, 0) is 31.1 Å². The van der Waals surface area contributed by atoms with Crippen molar-refractivity contribution in [2.45, 2.75) is 51.1 Å². The Kier molecular flexibility index (Phi) is 12.2. The van der Waals surface area contributed by atoms with Gasteiger partial charge in [-0.2, -0.15) is 12.7 Å². The number of piperazine rings is 1. The van der Waals surface area contributed by atoms with E-state index in [1.165, 1.54) is 16.6 Å². The van der Waals surface area contributed by atoms with E-state index in [1.54, 1.807) is 24.4 Å². The number of piperidine rings is 1. The highest BCUT2D eigenvalue weighted by molar-refractivity contribution is 7.90. The number of halogens is 2. The van der Waals surface area contributed by atoms with Crippen molar-refractivity contribution in [1.29, 1.82) is 0 Å². The molecular weight excluding hydrogens is 877 g/mol. The van der Waals surface area contributed by atoms with Crippen molar-refractivity contribution in [2.75, 3.05) is 55.9 Å². The second-order valence-electron chi connectivity index (χ2n) is 16.7. The van der Waals surface area contributed by atoms with Gasteiger partial charge in [-0.15, -0.1) is 0 Å². The van der Waals surface area contributed by atoms with Gasteiger partial charge in [0.15, 0.2) is 5.82 Å². The number of fused-ring (bicyclic) bond motifs is 2. The van der Waals surface area contributed by atoms with Gasteiger partial charge in [-0.05, 0) is 67.1 Å². The number of amides is 5. The standard InChI is InChI=1S/C46H45F2N9O8S/c47-33-12-13-35(53-66(64,65)56-17-1-2-18-56)41(48)40(33)42(60)32-25-51-43-31(32)23-29(24-50-43)28-10-8-27(9-11-28)26-54-19-21-55(22-20-54)38(59)7-4-16-49-34-6-3-5-30-39(34)46(63)57(45(30)62)36-14-15-37(58)52-44(36)61/h3,5-6,8-13,23-25,36,49,53H,1-2,4,7,14-22,26H2,(H,50,51)(H,52,58,61). The van der Waals surface area contributed by atoms with E-state index in [0.717, 1.165) is 28.2 Å². The van der Waals surface area contributed by atoms with Gasteiger partial charge in [0.2, 0.25) is 23.5 Å². The SMILES string of the molecule is O=C1CCC(N2C(=O)c3cccc(NCCCC(=O)N4CCN(Cc5ccc(-c6cnc7[nH]cc(C(=O)c8c(F)ccc(NS(=O)(=O)N9CCCC9)c8F)c7c6)cc5)CC4)c3C2=O)C(=O)N1. The molecule has 0 aliphatic carbocycles. The lowest BCUT2D eigenvalue weighted by atomic mass is 9.99. The Hall–Kier alpha value is -6.90. The minimum atomic E-state index is -4.10. The molecule has 66 heavy (non-hydrogen) atoms. The number of H-pyrrole nitrogens is 1. The highest BCUT2D eigenvalue weighted by Crippen LogP contribution is 2.33. The second kappa shape index (κ2) is 18.2. The number of pyridine rings is 1. The largest absolute Gasteiger partial charge is 0.384 e. The normalized spacial score (nSPS) is 18.2. The summed E-state index contributed by atoms with van der Waals surface area (Å²) >= 11 is 0. The average Bonchev–Trinajstić information content (AvgIpc) is 4.07. The van der Waals surface area contributed by atoms with Crippen LogP contribution in [0, 0.1) is 11.6 Å². The molecule has 5 aromatic rings. The van der Waals surface area contributed by atoms with Gasteiger partial charge >= 0.3 is 10.2 Å². The van der Waals surface area contributed by atoms with Crippen molar-refractivity contribution >= 4 is 67.9 Å². The fraction of sp³-hybridized carbons (Fsp3) is 0.326.